The summed E-state index contributed by atoms with van der Waals surface area (Å²) in [4.78, 5) is 15.5. The van der Waals surface area contributed by atoms with Crippen molar-refractivity contribution in [1.29, 1.82) is 0 Å². The van der Waals surface area contributed by atoms with E-state index < -0.39 is 11.7 Å². The van der Waals surface area contributed by atoms with Gasteiger partial charge in [0.2, 0.25) is 0 Å². The van der Waals surface area contributed by atoms with E-state index in [0.717, 1.165) is 0 Å². The molecule has 0 atom stereocenters. The summed E-state index contributed by atoms with van der Waals surface area (Å²) < 4.78 is 5.07. The molecule has 1 N–H and O–H groups in total. The molecule has 5 heteroatoms. The van der Waals surface area contributed by atoms with Crippen LogP contribution in [-0.4, -0.2) is 16.7 Å². The molecule has 16 heavy (non-hydrogen) atoms. The van der Waals surface area contributed by atoms with Gasteiger partial charge < -0.3 is 4.74 Å². The van der Waals surface area contributed by atoms with Crippen LogP contribution in [0.5, 0.6) is 0 Å². The summed E-state index contributed by atoms with van der Waals surface area (Å²) in [6.07, 6.45) is -0.546. The first-order valence-electron chi connectivity index (χ1n) is 4.83. The van der Waals surface area contributed by atoms with Gasteiger partial charge in [-0.15, -0.1) is 0 Å². The minimum atomic E-state index is -0.546. The van der Waals surface area contributed by atoms with E-state index in [9.17, 15) is 4.79 Å². The minimum absolute atomic E-state index is 0.371. The van der Waals surface area contributed by atoms with Crippen molar-refractivity contribution in [3.8, 4) is 0 Å². The number of hydrogen-bond donors (Lipinski definition) is 1. The molecule has 87 valence electrons. The summed E-state index contributed by atoms with van der Waals surface area (Å²) in [5, 5.41) is 2.94. The number of halogens is 1. The van der Waals surface area contributed by atoms with Crippen molar-refractivity contribution in [3.63, 3.8) is 0 Å². The van der Waals surface area contributed by atoms with Crippen LogP contribution in [0.4, 0.5) is 10.6 Å². The van der Waals surface area contributed by atoms with Crippen LogP contribution in [0, 0.1) is 13.0 Å². The van der Waals surface area contributed by atoms with Crippen molar-refractivity contribution in [1.82, 2.24) is 4.98 Å². The van der Waals surface area contributed by atoms with Crippen LogP contribution < -0.4 is 5.32 Å². The molecule has 4 nitrogen and oxygen atoms in total. The predicted octanol–water partition coefficient (Wildman–Crippen LogP) is 3.19. The van der Waals surface area contributed by atoms with Gasteiger partial charge in [0, 0.05) is 6.07 Å². The number of pyridine rings is 1. The standard InChI is InChI=1S/C11H14ClN2O2/c1-7-8(12)5-6-9(13-7)14-10(15)16-11(2,3)4/h6H,1-4H3,(H,13,14,15). The Bertz CT molecular complexity index is 399. The smallest absolute Gasteiger partial charge is 0.413 e. The van der Waals surface area contributed by atoms with Gasteiger partial charge in [-0.05, 0) is 33.8 Å². The highest BCUT2D eigenvalue weighted by Gasteiger charge is 2.16. The molecular formula is C11H14ClN2O2. The summed E-state index contributed by atoms with van der Waals surface area (Å²) in [7, 11) is 0. The molecule has 0 spiro atoms. The lowest BCUT2D eigenvalue weighted by molar-refractivity contribution is 0.0635. The average molecular weight is 242 g/mol. The van der Waals surface area contributed by atoms with Crippen LogP contribution in [-0.2, 0) is 4.74 Å². The largest absolute Gasteiger partial charge is 0.444 e. The number of hydrogen-bond acceptors (Lipinski definition) is 3. The quantitative estimate of drug-likeness (QED) is 0.822. The zero-order valence-corrected chi connectivity index (χ0v) is 10.5. The first-order chi connectivity index (χ1) is 7.28. The molecule has 1 aromatic heterocycles. The maximum atomic E-state index is 11.4. The number of nitrogens with zero attached hydrogens (tertiary/aromatic N) is 1. The molecule has 0 aliphatic rings. The molecular weight excluding hydrogens is 228 g/mol. The molecule has 1 rings (SSSR count). The van der Waals surface area contributed by atoms with Crippen molar-refractivity contribution in [2.24, 2.45) is 0 Å². The lowest BCUT2D eigenvalue weighted by Gasteiger charge is -2.19. The van der Waals surface area contributed by atoms with E-state index in [0.29, 0.717) is 16.5 Å². The van der Waals surface area contributed by atoms with Crippen molar-refractivity contribution >= 4 is 23.5 Å². The van der Waals surface area contributed by atoms with E-state index in [2.05, 4.69) is 16.4 Å². The summed E-state index contributed by atoms with van der Waals surface area (Å²) in [6, 6.07) is 4.27. The van der Waals surface area contributed by atoms with Crippen molar-refractivity contribution in [2.75, 3.05) is 5.32 Å². The number of amides is 1. The number of carbonyl (C=O) groups is 1. The Labute approximate surface area is 100.0 Å². The summed E-state index contributed by atoms with van der Waals surface area (Å²) in [5.41, 5.74) is 0.0742. The number of anilines is 1. The van der Waals surface area contributed by atoms with Crippen LogP contribution in [0.15, 0.2) is 6.07 Å². The van der Waals surface area contributed by atoms with Gasteiger partial charge in [-0.3, -0.25) is 5.32 Å². The second kappa shape index (κ2) is 4.70. The Morgan fingerprint density at radius 1 is 1.56 bits per heavy atom. The zero-order chi connectivity index (χ0) is 12.3. The molecule has 0 unspecified atom stereocenters. The molecule has 0 aliphatic carbocycles. The molecule has 0 saturated carbocycles. The fourth-order valence-electron chi connectivity index (χ4n) is 0.970. The van der Waals surface area contributed by atoms with Gasteiger partial charge in [0.15, 0.2) is 0 Å². The van der Waals surface area contributed by atoms with Gasteiger partial charge in [0.05, 0.1) is 10.7 Å². The molecule has 1 amide bonds. The number of carbonyl (C=O) groups excluding carboxylic acids is 1. The Balaban J connectivity index is 2.67. The molecule has 0 saturated heterocycles. The van der Waals surface area contributed by atoms with Crippen LogP contribution >= 0.6 is 11.6 Å². The Kier molecular flexibility index (Phi) is 3.75. The van der Waals surface area contributed by atoms with Gasteiger partial charge in [-0.1, -0.05) is 11.6 Å². The van der Waals surface area contributed by atoms with Crippen LogP contribution in [0.2, 0.25) is 5.02 Å². The highest BCUT2D eigenvalue weighted by Crippen LogP contribution is 2.15. The Hall–Kier alpha value is -1.29. The third-order valence-electron chi connectivity index (χ3n) is 1.57. The second-order valence-electron chi connectivity index (χ2n) is 4.31. The van der Waals surface area contributed by atoms with Crippen molar-refractivity contribution in [3.05, 3.63) is 22.8 Å². The van der Waals surface area contributed by atoms with Crippen molar-refractivity contribution in [2.45, 2.75) is 33.3 Å². The summed E-state index contributed by atoms with van der Waals surface area (Å²) >= 11 is 5.76. The Morgan fingerprint density at radius 3 is 2.69 bits per heavy atom. The molecule has 1 heterocycles. The SMILES string of the molecule is Cc1nc(NC(=O)OC(C)(C)C)c[c]c1Cl. The molecule has 0 bridgehead atoms. The van der Waals surface area contributed by atoms with E-state index >= 15 is 0 Å². The molecule has 0 fully saturated rings. The first kappa shape index (κ1) is 12.8. The maximum absolute atomic E-state index is 11.4. The van der Waals surface area contributed by atoms with E-state index in [1.54, 1.807) is 27.7 Å². The third kappa shape index (κ3) is 4.06. The van der Waals surface area contributed by atoms with E-state index in [4.69, 9.17) is 16.3 Å². The molecule has 0 aromatic carbocycles. The topological polar surface area (TPSA) is 51.2 Å². The van der Waals surface area contributed by atoms with Crippen LogP contribution in [0.3, 0.4) is 0 Å². The number of rotatable bonds is 1. The highest BCUT2D eigenvalue weighted by atomic mass is 35.5. The van der Waals surface area contributed by atoms with E-state index in [1.165, 1.54) is 6.07 Å². The van der Waals surface area contributed by atoms with Crippen molar-refractivity contribution < 1.29 is 9.53 Å². The van der Waals surface area contributed by atoms with Gasteiger partial charge in [-0.2, -0.15) is 0 Å². The van der Waals surface area contributed by atoms with Gasteiger partial charge in [0.25, 0.3) is 0 Å². The first-order valence-corrected chi connectivity index (χ1v) is 5.20. The second-order valence-corrected chi connectivity index (χ2v) is 4.69. The molecule has 1 radical (unpaired) electrons. The number of nitrogens with one attached hydrogen (secondary N) is 1. The summed E-state index contributed by atoms with van der Waals surface area (Å²) in [5.74, 6) is 0.371. The fourth-order valence-corrected chi connectivity index (χ4v) is 1.07. The third-order valence-corrected chi connectivity index (χ3v) is 1.95. The normalized spacial score (nSPS) is 11.1. The van der Waals surface area contributed by atoms with Gasteiger partial charge in [-0.25, -0.2) is 9.78 Å². The number of aryl methyl sites for hydroxylation is 1. The van der Waals surface area contributed by atoms with Crippen LogP contribution in [0.25, 0.3) is 0 Å². The monoisotopic (exact) mass is 241 g/mol. The number of aromatic nitrogens is 1. The van der Waals surface area contributed by atoms with Gasteiger partial charge >= 0.3 is 6.09 Å². The number of ether oxygens (including phenoxy) is 1. The van der Waals surface area contributed by atoms with Gasteiger partial charge in [0.1, 0.15) is 11.4 Å². The van der Waals surface area contributed by atoms with Crippen LogP contribution in [0.1, 0.15) is 26.5 Å². The lowest BCUT2D eigenvalue weighted by Crippen LogP contribution is -2.27. The highest BCUT2D eigenvalue weighted by molar-refractivity contribution is 6.31. The van der Waals surface area contributed by atoms with E-state index in [-0.39, 0.29) is 0 Å². The zero-order valence-electron chi connectivity index (χ0n) is 9.72. The average Bonchev–Trinajstić information content (AvgIpc) is 2.08. The molecule has 0 aliphatic heterocycles. The molecule has 1 aromatic rings. The predicted molar refractivity (Wildman–Crippen MR) is 62.7 cm³/mol. The minimum Gasteiger partial charge on any atom is -0.444 e. The fraction of sp³-hybridized carbons (Fsp3) is 0.455. The maximum Gasteiger partial charge on any atom is 0.413 e. The summed E-state index contributed by atoms with van der Waals surface area (Å²) in [6.45, 7) is 7.11. The van der Waals surface area contributed by atoms with E-state index in [1.807, 2.05) is 0 Å². The Morgan fingerprint density at radius 2 is 2.19 bits per heavy atom. The lowest BCUT2D eigenvalue weighted by atomic mass is 10.2.